The Morgan fingerprint density at radius 3 is 2.52 bits per heavy atom. The summed E-state index contributed by atoms with van der Waals surface area (Å²) in [5, 5.41) is 20.1. The lowest BCUT2D eigenvalue weighted by molar-refractivity contribution is -0.387. The fraction of sp³-hybridized carbons (Fsp3) is 0.500. The van der Waals surface area contributed by atoms with Crippen molar-refractivity contribution in [2.24, 2.45) is 5.92 Å². The van der Waals surface area contributed by atoms with Crippen molar-refractivity contribution < 1.29 is 22.8 Å². The van der Waals surface area contributed by atoms with Gasteiger partial charge in [0.15, 0.2) is 0 Å². The van der Waals surface area contributed by atoms with Crippen LogP contribution in [0.3, 0.4) is 0 Å². The van der Waals surface area contributed by atoms with Crippen molar-refractivity contribution in [1.29, 1.82) is 0 Å². The Morgan fingerprint density at radius 2 is 2.05 bits per heavy atom. The molecule has 0 amide bonds. The molecular weight excluding hydrogens is 303 g/mol. The third kappa shape index (κ3) is 5.03. The first-order valence-electron chi connectivity index (χ1n) is 6.25. The molecule has 0 aromatic heterocycles. The Labute approximate surface area is 122 Å². The molecule has 9 heteroatoms. The molecule has 21 heavy (non-hydrogen) atoms. The van der Waals surface area contributed by atoms with E-state index in [2.05, 4.69) is 4.72 Å². The van der Waals surface area contributed by atoms with Crippen LogP contribution in [-0.2, 0) is 10.0 Å². The van der Waals surface area contributed by atoms with Crippen molar-refractivity contribution >= 4 is 15.7 Å². The predicted molar refractivity (Wildman–Crippen MR) is 73.7 cm³/mol. The summed E-state index contributed by atoms with van der Waals surface area (Å²) in [7, 11) is -4.03. The minimum Gasteiger partial charge on any atom is -0.392 e. The maximum absolute atomic E-state index is 13.4. The Balaban J connectivity index is 2.84. The summed E-state index contributed by atoms with van der Waals surface area (Å²) >= 11 is 0. The van der Waals surface area contributed by atoms with E-state index in [0.29, 0.717) is 12.5 Å². The van der Waals surface area contributed by atoms with Gasteiger partial charge in [0, 0.05) is 18.7 Å². The fourth-order valence-corrected chi connectivity index (χ4v) is 2.80. The average molecular weight is 320 g/mol. The number of hydrogen-bond donors (Lipinski definition) is 2. The van der Waals surface area contributed by atoms with Crippen LogP contribution in [-0.4, -0.2) is 31.1 Å². The summed E-state index contributed by atoms with van der Waals surface area (Å²) in [4.78, 5) is 9.10. The number of nitrogens with zero attached hydrogens (tertiary/aromatic N) is 1. The topological polar surface area (TPSA) is 110 Å². The van der Waals surface area contributed by atoms with Crippen molar-refractivity contribution in [1.82, 2.24) is 4.72 Å². The molecule has 7 nitrogen and oxygen atoms in total. The quantitative estimate of drug-likeness (QED) is 0.583. The molecule has 0 aliphatic rings. The average Bonchev–Trinajstić information content (AvgIpc) is 2.35. The molecule has 0 saturated carbocycles. The van der Waals surface area contributed by atoms with Gasteiger partial charge in [-0.2, -0.15) is 4.39 Å². The molecule has 0 fully saturated rings. The SMILES string of the molecule is CC(C)CC(O)CNS(=O)(=O)c1ccc([N+](=O)[O-])c(F)c1. The molecule has 0 radical (unpaired) electrons. The van der Waals surface area contributed by atoms with Gasteiger partial charge >= 0.3 is 5.69 Å². The predicted octanol–water partition coefficient (Wildman–Crippen LogP) is 1.42. The van der Waals surface area contributed by atoms with Gasteiger partial charge in [-0.05, 0) is 18.4 Å². The van der Waals surface area contributed by atoms with Gasteiger partial charge in [0.05, 0.1) is 15.9 Å². The van der Waals surface area contributed by atoms with Gasteiger partial charge in [0.1, 0.15) is 0 Å². The van der Waals surface area contributed by atoms with Gasteiger partial charge in [0.25, 0.3) is 0 Å². The minimum atomic E-state index is -4.03. The van der Waals surface area contributed by atoms with Crippen LogP contribution in [0, 0.1) is 21.8 Å². The van der Waals surface area contributed by atoms with Crippen molar-refractivity contribution in [2.45, 2.75) is 31.3 Å². The van der Waals surface area contributed by atoms with Crippen LogP contribution in [0.5, 0.6) is 0 Å². The molecule has 1 atom stereocenters. The number of aliphatic hydroxyl groups excluding tert-OH is 1. The first kappa shape index (κ1) is 17.5. The molecule has 1 unspecified atom stereocenters. The first-order chi connectivity index (χ1) is 9.63. The van der Waals surface area contributed by atoms with E-state index in [-0.39, 0.29) is 12.5 Å². The number of nitro groups is 1. The molecular formula is C12H17FN2O5S. The van der Waals surface area contributed by atoms with E-state index in [1.165, 1.54) is 0 Å². The summed E-state index contributed by atoms with van der Waals surface area (Å²) in [6.45, 7) is 3.55. The molecule has 1 rings (SSSR count). The summed E-state index contributed by atoms with van der Waals surface area (Å²) in [6, 6.07) is 2.31. The molecule has 0 heterocycles. The molecule has 1 aromatic rings. The Kier molecular flexibility index (Phi) is 5.76. The van der Waals surface area contributed by atoms with Gasteiger partial charge in [-0.1, -0.05) is 13.8 Å². The second-order valence-corrected chi connectivity index (χ2v) is 6.77. The Bertz CT molecular complexity index is 618. The highest BCUT2D eigenvalue weighted by Crippen LogP contribution is 2.20. The largest absolute Gasteiger partial charge is 0.392 e. The molecule has 0 spiro atoms. The number of hydrogen-bond acceptors (Lipinski definition) is 5. The van der Waals surface area contributed by atoms with Crippen LogP contribution in [0.4, 0.5) is 10.1 Å². The first-order valence-corrected chi connectivity index (χ1v) is 7.73. The maximum Gasteiger partial charge on any atom is 0.304 e. The van der Waals surface area contributed by atoms with E-state index < -0.39 is 37.5 Å². The third-order valence-corrected chi connectivity index (χ3v) is 4.10. The fourth-order valence-electron chi connectivity index (χ4n) is 1.72. The zero-order valence-electron chi connectivity index (χ0n) is 11.6. The number of sulfonamides is 1. The molecule has 0 aliphatic carbocycles. The zero-order valence-corrected chi connectivity index (χ0v) is 12.4. The van der Waals surface area contributed by atoms with Gasteiger partial charge in [-0.3, -0.25) is 10.1 Å². The van der Waals surface area contributed by atoms with Crippen LogP contribution in [0.1, 0.15) is 20.3 Å². The number of benzene rings is 1. The lowest BCUT2D eigenvalue weighted by atomic mass is 10.1. The summed E-state index contributed by atoms with van der Waals surface area (Å²) in [6.07, 6.45) is -0.445. The van der Waals surface area contributed by atoms with Gasteiger partial charge in [0.2, 0.25) is 15.8 Å². The number of rotatable bonds is 7. The van der Waals surface area contributed by atoms with Crippen LogP contribution in [0.15, 0.2) is 23.1 Å². The van der Waals surface area contributed by atoms with Crippen molar-refractivity contribution in [3.63, 3.8) is 0 Å². The number of nitro benzene ring substituents is 1. The van der Waals surface area contributed by atoms with E-state index in [1.807, 2.05) is 13.8 Å². The summed E-state index contributed by atoms with van der Waals surface area (Å²) in [5.74, 6) is -1.04. The molecule has 0 bridgehead atoms. The molecule has 0 saturated heterocycles. The number of nitrogens with one attached hydrogen (secondary N) is 1. The second-order valence-electron chi connectivity index (χ2n) is 5.01. The number of aliphatic hydroxyl groups is 1. The molecule has 0 aliphatic heterocycles. The second kappa shape index (κ2) is 6.92. The lowest BCUT2D eigenvalue weighted by Gasteiger charge is -2.14. The van der Waals surface area contributed by atoms with Crippen LogP contribution in [0.2, 0.25) is 0 Å². The van der Waals surface area contributed by atoms with E-state index >= 15 is 0 Å². The molecule has 2 N–H and O–H groups in total. The van der Waals surface area contributed by atoms with Crippen LogP contribution < -0.4 is 4.72 Å². The van der Waals surface area contributed by atoms with Crippen molar-refractivity contribution in [2.75, 3.05) is 6.54 Å². The highest BCUT2D eigenvalue weighted by molar-refractivity contribution is 7.89. The normalized spacial score (nSPS) is 13.4. The monoisotopic (exact) mass is 320 g/mol. The van der Waals surface area contributed by atoms with E-state index in [0.717, 1.165) is 12.1 Å². The number of halogens is 1. The standard InChI is InChI=1S/C12H17FN2O5S/c1-8(2)5-9(16)7-14-21(19,20)10-3-4-12(15(17)18)11(13)6-10/h3-4,6,8-9,14,16H,5,7H2,1-2H3. The van der Waals surface area contributed by atoms with Crippen molar-refractivity contribution in [3.05, 3.63) is 34.1 Å². The summed E-state index contributed by atoms with van der Waals surface area (Å²) < 4.78 is 39.4. The van der Waals surface area contributed by atoms with Crippen LogP contribution in [0.25, 0.3) is 0 Å². The maximum atomic E-state index is 13.4. The Morgan fingerprint density at radius 1 is 1.43 bits per heavy atom. The Hall–Kier alpha value is -1.58. The molecule has 118 valence electrons. The van der Waals surface area contributed by atoms with E-state index in [1.54, 1.807) is 0 Å². The summed E-state index contributed by atoms with van der Waals surface area (Å²) in [5.41, 5.74) is -0.797. The van der Waals surface area contributed by atoms with Gasteiger partial charge in [-0.25, -0.2) is 13.1 Å². The smallest absolute Gasteiger partial charge is 0.304 e. The van der Waals surface area contributed by atoms with E-state index in [9.17, 15) is 28.0 Å². The molecule has 1 aromatic carbocycles. The zero-order chi connectivity index (χ0) is 16.2. The third-order valence-electron chi connectivity index (χ3n) is 2.68. The highest BCUT2D eigenvalue weighted by atomic mass is 32.2. The van der Waals surface area contributed by atoms with Gasteiger partial charge in [-0.15, -0.1) is 0 Å². The van der Waals surface area contributed by atoms with Gasteiger partial charge < -0.3 is 5.11 Å². The highest BCUT2D eigenvalue weighted by Gasteiger charge is 2.21. The van der Waals surface area contributed by atoms with Crippen LogP contribution >= 0.6 is 0 Å². The minimum absolute atomic E-state index is 0.196. The van der Waals surface area contributed by atoms with Crippen molar-refractivity contribution in [3.8, 4) is 0 Å². The lowest BCUT2D eigenvalue weighted by Crippen LogP contribution is -2.32. The van der Waals surface area contributed by atoms with E-state index in [4.69, 9.17) is 0 Å².